The molecule has 1 N–H and O–H groups in total. The minimum Gasteiger partial charge on any atom is -0.306 e. The van der Waals surface area contributed by atoms with Crippen molar-refractivity contribution in [2.45, 2.75) is 19.5 Å². The first-order valence-corrected chi connectivity index (χ1v) is 8.25. The second-order valence-electron chi connectivity index (χ2n) is 5.52. The number of hydrogen-bond donors (Lipinski definition) is 1. The van der Waals surface area contributed by atoms with Crippen molar-refractivity contribution >= 4 is 23.2 Å². The maximum absolute atomic E-state index is 14.3. The normalized spacial score (nSPS) is 12.3. The van der Waals surface area contributed by atoms with Crippen molar-refractivity contribution in [3.8, 4) is 5.69 Å². The topological polar surface area (TPSA) is 29.9 Å². The molecule has 124 valence electrons. The van der Waals surface area contributed by atoms with Gasteiger partial charge < -0.3 is 9.88 Å². The van der Waals surface area contributed by atoms with Gasteiger partial charge >= 0.3 is 0 Å². The summed E-state index contributed by atoms with van der Waals surface area (Å²) in [5.41, 5.74) is 2.29. The molecule has 1 atom stereocenters. The van der Waals surface area contributed by atoms with Crippen LogP contribution in [0, 0.1) is 5.82 Å². The van der Waals surface area contributed by atoms with Gasteiger partial charge in [0.25, 0.3) is 0 Å². The summed E-state index contributed by atoms with van der Waals surface area (Å²) >= 11 is 12.1. The lowest BCUT2D eigenvalue weighted by atomic mass is 10.1. The average molecular weight is 364 g/mol. The van der Waals surface area contributed by atoms with Gasteiger partial charge in [-0.2, -0.15) is 0 Å². The number of halogens is 3. The third kappa shape index (κ3) is 3.78. The number of nitrogens with one attached hydrogen (secondary N) is 1. The summed E-state index contributed by atoms with van der Waals surface area (Å²) in [6.45, 7) is 2.53. The predicted molar refractivity (Wildman–Crippen MR) is 95.2 cm³/mol. The van der Waals surface area contributed by atoms with Crippen molar-refractivity contribution in [3.05, 3.63) is 82.1 Å². The van der Waals surface area contributed by atoms with Gasteiger partial charge in [-0.25, -0.2) is 9.37 Å². The molecule has 24 heavy (non-hydrogen) atoms. The first kappa shape index (κ1) is 17.0. The van der Waals surface area contributed by atoms with Crippen LogP contribution in [0.2, 0.25) is 10.0 Å². The Morgan fingerprint density at radius 2 is 2.04 bits per heavy atom. The lowest BCUT2D eigenvalue weighted by Gasteiger charge is -2.16. The van der Waals surface area contributed by atoms with Crippen LogP contribution in [-0.4, -0.2) is 9.55 Å². The zero-order valence-corrected chi connectivity index (χ0v) is 14.5. The SMILES string of the molecule is CC(NCc1ccc(-n2ccnc2)c(F)c1)c1ccc(Cl)cc1Cl. The molecule has 3 aromatic rings. The van der Waals surface area contributed by atoms with Crippen LogP contribution in [0.15, 0.2) is 55.1 Å². The molecule has 0 bridgehead atoms. The van der Waals surface area contributed by atoms with E-state index in [1.165, 1.54) is 6.07 Å². The van der Waals surface area contributed by atoms with Gasteiger partial charge in [0.1, 0.15) is 5.82 Å². The summed E-state index contributed by atoms with van der Waals surface area (Å²) in [6.07, 6.45) is 4.90. The third-order valence-corrected chi connectivity index (χ3v) is 4.40. The maximum atomic E-state index is 14.3. The van der Waals surface area contributed by atoms with E-state index in [1.54, 1.807) is 41.5 Å². The highest BCUT2D eigenvalue weighted by atomic mass is 35.5. The molecule has 0 spiro atoms. The molecular formula is C18H16Cl2FN3. The lowest BCUT2D eigenvalue weighted by Crippen LogP contribution is -2.18. The molecule has 3 rings (SSSR count). The largest absolute Gasteiger partial charge is 0.306 e. The highest BCUT2D eigenvalue weighted by molar-refractivity contribution is 6.35. The summed E-state index contributed by atoms with van der Waals surface area (Å²) < 4.78 is 15.9. The Hall–Kier alpha value is -1.88. The van der Waals surface area contributed by atoms with Gasteiger partial charge in [-0.1, -0.05) is 35.3 Å². The van der Waals surface area contributed by atoms with Crippen molar-refractivity contribution in [1.29, 1.82) is 0 Å². The van der Waals surface area contributed by atoms with E-state index < -0.39 is 0 Å². The highest BCUT2D eigenvalue weighted by Crippen LogP contribution is 2.26. The van der Waals surface area contributed by atoms with Crippen molar-refractivity contribution in [2.75, 3.05) is 0 Å². The number of hydrogen-bond acceptors (Lipinski definition) is 2. The van der Waals surface area contributed by atoms with Crippen LogP contribution in [0.4, 0.5) is 4.39 Å². The Balaban J connectivity index is 1.69. The van der Waals surface area contributed by atoms with Gasteiger partial charge in [-0.05, 0) is 42.3 Å². The van der Waals surface area contributed by atoms with Gasteiger partial charge in [0.15, 0.2) is 0 Å². The highest BCUT2D eigenvalue weighted by Gasteiger charge is 2.11. The fraction of sp³-hybridized carbons (Fsp3) is 0.167. The average Bonchev–Trinajstić information content (AvgIpc) is 3.07. The van der Waals surface area contributed by atoms with Crippen molar-refractivity contribution < 1.29 is 4.39 Å². The maximum Gasteiger partial charge on any atom is 0.147 e. The van der Waals surface area contributed by atoms with E-state index >= 15 is 0 Å². The van der Waals surface area contributed by atoms with Crippen LogP contribution in [0.5, 0.6) is 0 Å². The van der Waals surface area contributed by atoms with Crippen LogP contribution < -0.4 is 5.32 Å². The molecular weight excluding hydrogens is 348 g/mol. The van der Waals surface area contributed by atoms with Crippen LogP contribution >= 0.6 is 23.2 Å². The van der Waals surface area contributed by atoms with Gasteiger partial charge in [-0.15, -0.1) is 0 Å². The molecule has 0 radical (unpaired) electrons. The smallest absolute Gasteiger partial charge is 0.147 e. The zero-order valence-electron chi connectivity index (χ0n) is 13.0. The van der Waals surface area contributed by atoms with Crippen LogP contribution in [0.1, 0.15) is 24.1 Å². The molecule has 6 heteroatoms. The summed E-state index contributed by atoms with van der Waals surface area (Å²) in [6, 6.07) is 10.6. The summed E-state index contributed by atoms with van der Waals surface area (Å²) in [5.74, 6) is -0.288. The molecule has 3 nitrogen and oxygen atoms in total. The Labute approximate surface area is 150 Å². The second kappa shape index (κ2) is 7.34. The van der Waals surface area contributed by atoms with E-state index in [1.807, 2.05) is 19.1 Å². The minimum atomic E-state index is -0.288. The number of benzene rings is 2. The molecule has 0 amide bonds. The number of aromatic nitrogens is 2. The van der Waals surface area contributed by atoms with Gasteiger partial charge in [0.05, 0.1) is 12.0 Å². The van der Waals surface area contributed by atoms with E-state index in [-0.39, 0.29) is 11.9 Å². The standard InChI is InChI=1S/C18H16Cl2FN3/c1-12(15-4-3-14(19)9-16(15)20)23-10-13-2-5-18(17(21)8-13)24-7-6-22-11-24/h2-9,11-12,23H,10H2,1H3. The summed E-state index contributed by atoms with van der Waals surface area (Å²) in [7, 11) is 0. The van der Waals surface area contributed by atoms with Crippen LogP contribution in [-0.2, 0) is 6.54 Å². The quantitative estimate of drug-likeness (QED) is 0.677. The fourth-order valence-corrected chi connectivity index (χ4v) is 3.08. The van der Waals surface area contributed by atoms with Crippen molar-refractivity contribution in [3.63, 3.8) is 0 Å². The van der Waals surface area contributed by atoms with E-state index in [9.17, 15) is 4.39 Å². The van der Waals surface area contributed by atoms with Crippen molar-refractivity contribution in [1.82, 2.24) is 14.9 Å². The molecule has 0 aliphatic heterocycles. The molecule has 0 aliphatic rings. The number of imidazole rings is 1. The van der Waals surface area contributed by atoms with E-state index in [0.717, 1.165) is 11.1 Å². The molecule has 1 heterocycles. The molecule has 0 fully saturated rings. The zero-order chi connectivity index (χ0) is 17.1. The Morgan fingerprint density at radius 3 is 2.71 bits per heavy atom. The van der Waals surface area contributed by atoms with Crippen molar-refractivity contribution in [2.24, 2.45) is 0 Å². The molecule has 0 aliphatic carbocycles. The van der Waals surface area contributed by atoms with E-state index in [4.69, 9.17) is 23.2 Å². The van der Waals surface area contributed by atoms with E-state index in [0.29, 0.717) is 22.3 Å². The molecule has 1 unspecified atom stereocenters. The van der Waals surface area contributed by atoms with E-state index in [2.05, 4.69) is 10.3 Å². The fourth-order valence-electron chi connectivity index (χ4n) is 2.50. The van der Waals surface area contributed by atoms with Gasteiger partial charge in [0.2, 0.25) is 0 Å². The molecule has 0 saturated carbocycles. The molecule has 1 aromatic heterocycles. The summed E-state index contributed by atoms with van der Waals surface area (Å²) in [4.78, 5) is 3.93. The van der Waals surface area contributed by atoms with Crippen LogP contribution in [0.25, 0.3) is 5.69 Å². The monoisotopic (exact) mass is 363 g/mol. The third-order valence-electron chi connectivity index (χ3n) is 3.84. The lowest BCUT2D eigenvalue weighted by molar-refractivity contribution is 0.568. The second-order valence-corrected chi connectivity index (χ2v) is 6.37. The Morgan fingerprint density at radius 1 is 1.21 bits per heavy atom. The predicted octanol–water partition coefficient (Wildman–Crippen LogP) is 5.17. The minimum absolute atomic E-state index is 0.0196. The Bertz CT molecular complexity index is 834. The first-order valence-electron chi connectivity index (χ1n) is 7.49. The Kier molecular flexibility index (Phi) is 5.19. The number of rotatable bonds is 5. The molecule has 2 aromatic carbocycles. The van der Waals surface area contributed by atoms with Gasteiger partial charge in [0, 0.05) is 35.0 Å². The summed E-state index contributed by atoms with van der Waals surface area (Å²) in [5, 5.41) is 4.56. The first-order chi connectivity index (χ1) is 11.5. The van der Waals surface area contributed by atoms with Crippen LogP contribution in [0.3, 0.4) is 0 Å². The number of nitrogens with zero attached hydrogens (tertiary/aromatic N) is 2. The molecule has 0 saturated heterocycles. The van der Waals surface area contributed by atoms with Gasteiger partial charge in [-0.3, -0.25) is 0 Å².